The van der Waals surface area contributed by atoms with Crippen molar-refractivity contribution in [1.29, 1.82) is 0 Å². The quantitative estimate of drug-likeness (QED) is 0.826. The van der Waals surface area contributed by atoms with Gasteiger partial charge in [0.25, 0.3) is 0 Å². The highest BCUT2D eigenvalue weighted by Crippen LogP contribution is 2.29. The molecule has 18 heavy (non-hydrogen) atoms. The maximum Gasteiger partial charge on any atom is 0.0249 e. The van der Waals surface area contributed by atoms with Crippen LogP contribution in [-0.2, 0) is 0 Å². The lowest BCUT2D eigenvalue weighted by molar-refractivity contribution is 0.0567. The van der Waals surface area contributed by atoms with Gasteiger partial charge < -0.3 is 5.32 Å². The Balaban J connectivity index is 1.94. The molecule has 2 nitrogen and oxygen atoms in total. The summed E-state index contributed by atoms with van der Waals surface area (Å²) in [6, 6.07) is 1.58. The van der Waals surface area contributed by atoms with E-state index in [4.69, 9.17) is 0 Å². The second kappa shape index (κ2) is 6.91. The van der Waals surface area contributed by atoms with Crippen LogP contribution < -0.4 is 5.32 Å². The summed E-state index contributed by atoms with van der Waals surface area (Å²) in [7, 11) is 0. The molecule has 4 atom stereocenters. The predicted octanol–water partition coefficient (Wildman–Crippen LogP) is 3.28. The number of likely N-dealkylation sites (tertiary alicyclic amines) is 1. The molecule has 0 aromatic heterocycles. The third kappa shape index (κ3) is 3.71. The predicted molar refractivity (Wildman–Crippen MR) is 78.9 cm³/mol. The number of nitrogens with zero attached hydrogens (tertiary/aromatic N) is 1. The molecule has 4 unspecified atom stereocenters. The molecule has 106 valence electrons. The molecule has 2 aliphatic rings. The Kier molecular flexibility index (Phi) is 5.50. The minimum Gasteiger partial charge on any atom is -0.312 e. The van der Waals surface area contributed by atoms with Crippen molar-refractivity contribution in [2.45, 2.75) is 71.4 Å². The average Bonchev–Trinajstić information content (AvgIpc) is 2.35. The normalized spacial score (nSPS) is 38.8. The minimum atomic E-state index is 0.760. The third-order valence-corrected chi connectivity index (χ3v) is 4.75. The molecule has 0 radical (unpaired) electrons. The zero-order valence-electron chi connectivity index (χ0n) is 12.6. The van der Waals surface area contributed by atoms with E-state index in [0.29, 0.717) is 0 Å². The molecule has 1 aliphatic heterocycles. The molecular weight excluding hydrogens is 220 g/mol. The smallest absolute Gasteiger partial charge is 0.0249 e. The molecule has 0 bridgehead atoms. The van der Waals surface area contributed by atoms with E-state index < -0.39 is 0 Å². The number of rotatable bonds is 4. The van der Waals surface area contributed by atoms with Gasteiger partial charge in [0.1, 0.15) is 0 Å². The van der Waals surface area contributed by atoms with E-state index in [1.807, 2.05) is 0 Å². The second-order valence-electron chi connectivity index (χ2n) is 6.81. The van der Waals surface area contributed by atoms with Crippen molar-refractivity contribution in [3.05, 3.63) is 0 Å². The molecule has 1 heterocycles. The van der Waals surface area contributed by atoms with Crippen LogP contribution in [0.2, 0.25) is 0 Å². The van der Waals surface area contributed by atoms with Crippen LogP contribution in [0.15, 0.2) is 0 Å². The Morgan fingerprint density at radius 1 is 1.06 bits per heavy atom. The standard InChI is InChI=1S/C16H32N2/c1-4-9-17-15-7-5-6-8-16(15)18-11-13(2)10-14(3)12-18/h13-17H,4-12H2,1-3H3. The zero-order chi connectivity index (χ0) is 13.0. The van der Waals surface area contributed by atoms with Crippen molar-refractivity contribution in [3.63, 3.8) is 0 Å². The first-order valence-electron chi connectivity index (χ1n) is 8.18. The van der Waals surface area contributed by atoms with E-state index in [0.717, 1.165) is 23.9 Å². The van der Waals surface area contributed by atoms with Gasteiger partial charge in [0.05, 0.1) is 0 Å². The molecule has 2 heteroatoms. The van der Waals surface area contributed by atoms with Crippen LogP contribution in [0.3, 0.4) is 0 Å². The summed E-state index contributed by atoms with van der Waals surface area (Å²) in [6.07, 6.45) is 8.36. The Bertz CT molecular complexity index is 231. The monoisotopic (exact) mass is 252 g/mol. The average molecular weight is 252 g/mol. The lowest BCUT2D eigenvalue weighted by Crippen LogP contribution is -2.55. The molecule has 0 spiro atoms. The van der Waals surface area contributed by atoms with Gasteiger partial charge in [-0.2, -0.15) is 0 Å². The molecule has 2 fully saturated rings. The highest BCUT2D eigenvalue weighted by molar-refractivity contribution is 4.91. The van der Waals surface area contributed by atoms with Crippen molar-refractivity contribution in [2.75, 3.05) is 19.6 Å². The van der Waals surface area contributed by atoms with Gasteiger partial charge in [-0.25, -0.2) is 0 Å². The van der Waals surface area contributed by atoms with E-state index >= 15 is 0 Å². The van der Waals surface area contributed by atoms with Gasteiger partial charge in [-0.1, -0.05) is 33.6 Å². The van der Waals surface area contributed by atoms with Crippen LogP contribution >= 0.6 is 0 Å². The summed E-state index contributed by atoms with van der Waals surface area (Å²) < 4.78 is 0. The highest BCUT2D eigenvalue weighted by atomic mass is 15.2. The fraction of sp³-hybridized carbons (Fsp3) is 1.00. The molecule has 0 amide bonds. The molecule has 0 aromatic carbocycles. The van der Waals surface area contributed by atoms with Crippen LogP contribution in [0.5, 0.6) is 0 Å². The molecule has 1 N–H and O–H groups in total. The molecule has 1 aliphatic carbocycles. The van der Waals surface area contributed by atoms with Crippen LogP contribution in [0.25, 0.3) is 0 Å². The van der Waals surface area contributed by atoms with E-state index in [9.17, 15) is 0 Å². The van der Waals surface area contributed by atoms with Crippen LogP contribution in [0.4, 0.5) is 0 Å². The first-order chi connectivity index (χ1) is 8.70. The fourth-order valence-electron chi connectivity index (χ4n) is 4.10. The Morgan fingerprint density at radius 2 is 1.72 bits per heavy atom. The van der Waals surface area contributed by atoms with Crippen molar-refractivity contribution in [1.82, 2.24) is 10.2 Å². The summed E-state index contributed by atoms with van der Waals surface area (Å²) in [5.74, 6) is 1.78. The fourth-order valence-corrected chi connectivity index (χ4v) is 4.10. The molecule has 2 rings (SSSR count). The van der Waals surface area contributed by atoms with E-state index in [1.165, 1.54) is 58.2 Å². The minimum absolute atomic E-state index is 0.760. The summed E-state index contributed by atoms with van der Waals surface area (Å²) in [6.45, 7) is 11.0. The van der Waals surface area contributed by atoms with Gasteiger partial charge in [-0.3, -0.25) is 4.90 Å². The summed E-state index contributed by atoms with van der Waals surface area (Å²) in [4.78, 5) is 2.81. The first kappa shape index (κ1) is 14.3. The third-order valence-electron chi connectivity index (χ3n) is 4.75. The lowest BCUT2D eigenvalue weighted by Gasteiger charge is -2.45. The van der Waals surface area contributed by atoms with Gasteiger partial charge in [-0.15, -0.1) is 0 Å². The van der Waals surface area contributed by atoms with Crippen molar-refractivity contribution >= 4 is 0 Å². The summed E-state index contributed by atoms with van der Waals surface area (Å²) in [5.41, 5.74) is 0. The highest BCUT2D eigenvalue weighted by Gasteiger charge is 2.33. The molecule has 1 saturated heterocycles. The second-order valence-corrected chi connectivity index (χ2v) is 6.81. The van der Waals surface area contributed by atoms with E-state index in [2.05, 4.69) is 31.0 Å². The first-order valence-corrected chi connectivity index (χ1v) is 8.18. The van der Waals surface area contributed by atoms with Gasteiger partial charge in [0.15, 0.2) is 0 Å². The Hall–Kier alpha value is -0.0800. The number of hydrogen-bond donors (Lipinski definition) is 1. The maximum atomic E-state index is 3.81. The van der Waals surface area contributed by atoms with Crippen LogP contribution in [0, 0.1) is 11.8 Å². The van der Waals surface area contributed by atoms with Crippen molar-refractivity contribution in [3.8, 4) is 0 Å². The van der Waals surface area contributed by atoms with Crippen LogP contribution in [0.1, 0.15) is 59.3 Å². The summed E-state index contributed by atoms with van der Waals surface area (Å²) >= 11 is 0. The summed E-state index contributed by atoms with van der Waals surface area (Å²) in [5, 5.41) is 3.81. The van der Waals surface area contributed by atoms with E-state index in [1.54, 1.807) is 0 Å². The van der Waals surface area contributed by atoms with Crippen LogP contribution in [-0.4, -0.2) is 36.6 Å². The number of hydrogen-bond acceptors (Lipinski definition) is 2. The van der Waals surface area contributed by atoms with E-state index in [-0.39, 0.29) is 0 Å². The molecular formula is C16H32N2. The van der Waals surface area contributed by atoms with Gasteiger partial charge in [-0.05, 0) is 44.1 Å². The number of piperidine rings is 1. The maximum absolute atomic E-state index is 3.81. The molecule has 0 aromatic rings. The van der Waals surface area contributed by atoms with Gasteiger partial charge in [0.2, 0.25) is 0 Å². The zero-order valence-corrected chi connectivity index (χ0v) is 12.6. The SMILES string of the molecule is CCCNC1CCCCC1N1CC(C)CC(C)C1. The van der Waals surface area contributed by atoms with Crippen molar-refractivity contribution < 1.29 is 0 Å². The Morgan fingerprint density at radius 3 is 2.39 bits per heavy atom. The topological polar surface area (TPSA) is 15.3 Å². The molecule has 1 saturated carbocycles. The number of nitrogens with one attached hydrogen (secondary N) is 1. The lowest BCUT2D eigenvalue weighted by atomic mass is 9.84. The van der Waals surface area contributed by atoms with Gasteiger partial charge >= 0.3 is 0 Å². The Labute approximate surface area is 114 Å². The largest absolute Gasteiger partial charge is 0.312 e. The van der Waals surface area contributed by atoms with Gasteiger partial charge in [0, 0.05) is 25.2 Å². The van der Waals surface area contributed by atoms with Crippen molar-refractivity contribution in [2.24, 2.45) is 11.8 Å².